The second-order valence-corrected chi connectivity index (χ2v) is 21.9. The average molecular weight is 995 g/mol. The van der Waals surface area contributed by atoms with Crippen LogP contribution in [0.2, 0.25) is 0 Å². The molecule has 0 aliphatic heterocycles. The Hall–Kier alpha value is -8.72. The van der Waals surface area contributed by atoms with Crippen molar-refractivity contribution < 1.29 is 0 Å². The van der Waals surface area contributed by atoms with E-state index in [1.165, 1.54) is 121 Å². The summed E-state index contributed by atoms with van der Waals surface area (Å²) in [6.45, 7) is 18.5. The van der Waals surface area contributed by atoms with Crippen LogP contribution in [0.25, 0.3) is 76.8 Å². The molecule has 0 aromatic heterocycles. The fraction of sp³-hybridized carbons (Fsp3) is 0.147. The van der Waals surface area contributed by atoms with E-state index in [0.717, 1.165) is 22.7 Å². The van der Waals surface area contributed by atoms with Gasteiger partial charge >= 0.3 is 0 Å². The maximum Gasteiger partial charge on any atom is 0.0546 e. The third-order valence-electron chi connectivity index (χ3n) is 16.3. The minimum atomic E-state index is 0.160. The summed E-state index contributed by atoms with van der Waals surface area (Å²) in [4.78, 5) is 2.62. The van der Waals surface area contributed by atoms with E-state index in [-0.39, 0.29) is 17.8 Å². The highest BCUT2D eigenvalue weighted by Crippen LogP contribution is 2.52. The van der Waals surface area contributed by atoms with Gasteiger partial charge in [-0.3, -0.25) is 0 Å². The molecule has 0 fully saturated rings. The van der Waals surface area contributed by atoms with Gasteiger partial charge in [0.2, 0.25) is 0 Å². The number of hydrogen-bond acceptors (Lipinski definition) is 2. The van der Waals surface area contributed by atoms with Crippen molar-refractivity contribution in [1.82, 2.24) is 0 Å². The molecule has 0 aliphatic carbocycles. The minimum absolute atomic E-state index is 0.160. The Morgan fingerprint density at radius 3 is 1.45 bits per heavy atom. The van der Waals surface area contributed by atoms with Gasteiger partial charge in [0, 0.05) is 39.3 Å². The molecule has 77 heavy (non-hydrogen) atoms. The Labute approximate surface area is 455 Å². The molecule has 2 nitrogen and oxygen atoms in total. The van der Waals surface area contributed by atoms with Crippen LogP contribution in [0.4, 0.5) is 28.4 Å². The van der Waals surface area contributed by atoms with Gasteiger partial charge in [0.05, 0.1) is 11.4 Å². The summed E-state index contributed by atoms with van der Waals surface area (Å²) >= 11 is 0. The maximum atomic E-state index is 4.18. The first-order chi connectivity index (χ1) is 37.5. The van der Waals surface area contributed by atoms with Crippen molar-refractivity contribution in [3.8, 4) is 44.5 Å². The summed E-state index contributed by atoms with van der Waals surface area (Å²) < 4.78 is 0. The lowest BCUT2D eigenvalue weighted by molar-refractivity contribution is 0.876. The quantitative estimate of drug-likeness (QED) is 0.116. The average Bonchev–Trinajstić information content (AvgIpc) is 3.51. The molecule has 376 valence electrons. The first kappa shape index (κ1) is 49.2. The van der Waals surface area contributed by atoms with Gasteiger partial charge < -0.3 is 10.2 Å². The Kier molecular flexibility index (Phi) is 13.0. The first-order valence-electron chi connectivity index (χ1n) is 27.5. The van der Waals surface area contributed by atoms with Gasteiger partial charge in [-0.25, -0.2) is 0 Å². The van der Waals surface area contributed by atoms with Crippen molar-refractivity contribution in [3.05, 3.63) is 269 Å². The Bertz CT molecular complexity index is 4080. The molecule has 0 radical (unpaired) electrons. The second-order valence-electron chi connectivity index (χ2n) is 21.9. The molecule has 0 aliphatic rings. The summed E-state index contributed by atoms with van der Waals surface area (Å²) in [6, 6.07) is 86.0. The van der Waals surface area contributed by atoms with Crippen molar-refractivity contribution in [1.29, 1.82) is 0 Å². The fourth-order valence-corrected chi connectivity index (χ4v) is 12.2. The van der Waals surface area contributed by atoms with Gasteiger partial charge in [-0.15, -0.1) is 0 Å². The molecule has 0 heterocycles. The van der Waals surface area contributed by atoms with Gasteiger partial charge in [-0.1, -0.05) is 235 Å². The first-order valence-corrected chi connectivity index (χ1v) is 27.5. The Morgan fingerprint density at radius 2 is 0.831 bits per heavy atom. The molecule has 0 saturated heterocycles. The third kappa shape index (κ3) is 9.02. The van der Waals surface area contributed by atoms with Crippen molar-refractivity contribution in [2.75, 3.05) is 10.2 Å². The van der Waals surface area contributed by atoms with E-state index < -0.39 is 0 Å². The van der Waals surface area contributed by atoms with Crippen LogP contribution in [-0.4, -0.2) is 0 Å². The zero-order valence-corrected chi connectivity index (χ0v) is 45.6. The van der Waals surface area contributed by atoms with Gasteiger partial charge in [-0.05, 0) is 162 Å². The van der Waals surface area contributed by atoms with Crippen molar-refractivity contribution >= 4 is 60.8 Å². The van der Waals surface area contributed by atoms with E-state index in [4.69, 9.17) is 0 Å². The molecular formula is C75H66N2. The van der Waals surface area contributed by atoms with Crippen molar-refractivity contribution in [2.24, 2.45) is 0 Å². The standard InChI is InChI=1S/C75H66N2/c1-47(2)66-45-69(76-68-42-57(54-26-15-10-16-27-54)34-36-60(68)52(8)53-24-13-9-14-25-53)64-40-38-63-67(48(3)4)46-72(65-41-39-62(66)74(64)75(63)65)77(70-44-59(33-32-49(70)5)73-50(6)22-21-23-51(73)7)71-43-58(55-28-17-11-18-29-55)35-37-61(71)56-30-19-12-20-31-56/h9-48,52,76H,1-8H3/t52-/m0/s1. The van der Waals surface area contributed by atoms with E-state index >= 15 is 0 Å². The molecule has 0 bridgehead atoms. The van der Waals surface area contributed by atoms with Gasteiger partial charge in [-0.2, -0.15) is 0 Å². The highest BCUT2D eigenvalue weighted by molar-refractivity contribution is 6.29. The third-order valence-corrected chi connectivity index (χ3v) is 16.3. The molecule has 12 aromatic carbocycles. The van der Waals surface area contributed by atoms with Crippen LogP contribution in [0.15, 0.2) is 231 Å². The van der Waals surface area contributed by atoms with Crippen LogP contribution in [0.1, 0.15) is 91.3 Å². The normalized spacial score (nSPS) is 12.1. The van der Waals surface area contributed by atoms with Crippen LogP contribution < -0.4 is 10.2 Å². The summed E-state index contributed by atoms with van der Waals surface area (Å²) in [5, 5.41) is 11.8. The minimum Gasteiger partial charge on any atom is -0.355 e. The van der Waals surface area contributed by atoms with Crippen LogP contribution in [0.5, 0.6) is 0 Å². The van der Waals surface area contributed by atoms with E-state index in [0.29, 0.717) is 0 Å². The van der Waals surface area contributed by atoms with E-state index in [2.05, 4.69) is 296 Å². The fourth-order valence-electron chi connectivity index (χ4n) is 12.2. The maximum absolute atomic E-state index is 4.18. The van der Waals surface area contributed by atoms with Crippen molar-refractivity contribution in [3.63, 3.8) is 0 Å². The largest absolute Gasteiger partial charge is 0.355 e. The molecule has 12 aromatic rings. The molecule has 1 atom stereocenters. The lowest BCUT2D eigenvalue weighted by Gasteiger charge is -2.33. The number of nitrogens with one attached hydrogen (secondary N) is 1. The SMILES string of the molecule is Cc1ccc(-c2c(C)cccc2C)cc1N(c1cc(-c2ccccc2)ccc1-c1ccccc1)c1cc(C(C)C)c2ccc3c(Nc4cc(-c5ccccc5)ccc4[C@@H](C)c4ccccc4)cc(C(C)C)c4ccc1c2c34. The van der Waals surface area contributed by atoms with Gasteiger partial charge in [0.15, 0.2) is 0 Å². The molecule has 0 amide bonds. The topological polar surface area (TPSA) is 15.3 Å². The summed E-state index contributed by atoms with van der Waals surface area (Å²) in [5.74, 6) is 0.660. The van der Waals surface area contributed by atoms with E-state index in [1.807, 2.05) is 0 Å². The lowest BCUT2D eigenvalue weighted by Crippen LogP contribution is -2.14. The summed E-state index contributed by atoms with van der Waals surface area (Å²) in [5.41, 5.74) is 24.2. The van der Waals surface area contributed by atoms with Gasteiger partial charge in [0.1, 0.15) is 0 Å². The molecule has 0 spiro atoms. The zero-order valence-electron chi connectivity index (χ0n) is 45.6. The van der Waals surface area contributed by atoms with Crippen molar-refractivity contribution in [2.45, 2.75) is 73.1 Å². The predicted molar refractivity (Wildman–Crippen MR) is 333 cm³/mol. The molecule has 0 saturated carbocycles. The summed E-state index contributed by atoms with van der Waals surface area (Å²) in [6.07, 6.45) is 0. The highest BCUT2D eigenvalue weighted by atomic mass is 15.1. The molecular weight excluding hydrogens is 929 g/mol. The number of anilines is 5. The Balaban J connectivity index is 1.17. The van der Waals surface area contributed by atoms with Crippen LogP contribution >= 0.6 is 0 Å². The zero-order chi connectivity index (χ0) is 52.9. The van der Waals surface area contributed by atoms with E-state index in [1.54, 1.807) is 0 Å². The predicted octanol–water partition coefficient (Wildman–Crippen LogP) is 21.8. The summed E-state index contributed by atoms with van der Waals surface area (Å²) in [7, 11) is 0. The molecule has 1 N–H and O–H groups in total. The number of rotatable bonds is 13. The smallest absolute Gasteiger partial charge is 0.0546 e. The number of hydrogen-bond donors (Lipinski definition) is 1. The molecule has 2 heteroatoms. The van der Waals surface area contributed by atoms with Crippen LogP contribution in [0.3, 0.4) is 0 Å². The number of benzene rings is 12. The highest BCUT2D eigenvalue weighted by Gasteiger charge is 2.28. The van der Waals surface area contributed by atoms with Crippen LogP contribution in [-0.2, 0) is 0 Å². The van der Waals surface area contributed by atoms with Gasteiger partial charge in [0.25, 0.3) is 0 Å². The number of aryl methyl sites for hydroxylation is 3. The second kappa shape index (κ2) is 20.4. The van der Waals surface area contributed by atoms with Crippen LogP contribution in [0, 0.1) is 20.8 Å². The van der Waals surface area contributed by atoms with E-state index in [9.17, 15) is 0 Å². The monoisotopic (exact) mass is 995 g/mol. The lowest BCUT2D eigenvalue weighted by atomic mass is 9.84. The molecule has 12 rings (SSSR count). The number of nitrogens with zero attached hydrogens (tertiary/aromatic N) is 1. The molecule has 0 unspecified atom stereocenters. The Morgan fingerprint density at radius 1 is 0.325 bits per heavy atom.